The lowest BCUT2D eigenvalue weighted by molar-refractivity contribution is 0.0112. The molecule has 1 saturated carbocycles. The van der Waals surface area contributed by atoms with E-state index in [4.69, 9.17) is 9.84 Å². The molecule has 0 radical (unpaired) electrons. The van der Waals surface area contributed by atoms with Crippen molar-refractivity contribution in [1.29, 1.82) is 0 Å². The first kappa shape index (κ1) is 15.5. The van der Waals surface area contributed by atoms with Crippen LogP contribution in [0.15, 0.2) is 0 Å². The summed E-state index contributed by atoms with van der Waals surface area (Å²) in [4.78, 5) is 0. The standard InChI is InChI=1S/C16H29N3O/c1-12-15(8-10-17-14-6-7-14)13(2)19(18-12)11-9-16(3,4)20-5/h14,17H,6-11H2,1-5H3. The van der Waals surface area contributed by atoms with Crippen molar-refractivity contribution in [3.8, 4) is 0 Å². The van der Waals surface area contributed by atoms with Gasteiger partial charge in [-0.05, 0) is 65.5 Å². The molecule has 0 saturated heterocycles. The summed E-state index contributed by atoms with van der Waals surface area (Å²) in [5, 5.41) is 8.27. The SMILES string of the molecule is COC(C)(C)CCn1nc(C)c(CCNC2CC2)c1C. The van der Waals surface area contributed by atoms with Crippen LogP contribution < -0.4 is 5.32 Å². The molecule has 1 heterocycles. The number of methoxy groups -OCH3 is 1. The third kappa shape index (κ3) is 4.06. The molecule has 4 nitrogen and oxygen atoms in total. The number of aromatic nitrogens is 2. The van der Waals surface area contributed by atoms with E-state index in [0.29, 0.717) is 0 Å². The molecule has 1 aromatic rings. The number of aryl methyl sites for hydroxylation is 2. The zero-order chi connectivity index (χ0) is 14.8. The van der Waals surface area contributed by atoms with Crippen LogP contribution in [0.1, 0.15) is 50.1 Å². The first-order valence-corrected chi connectivity index (χ1v) is 7.74. The Morgan fingerprint density at radius 2 is 2.05 bits per heavy atom. The fourth-order valence-electron chi connectivity index (χ4n) is 2.48. The first-order valence-electron chi connectivity index (χ1n) is 7.74. The Labute approximate surface area is 122 Å². The van der Waals surface area contributed by atoms with Gasteiger partial charge in [0.2, 0.25) is 0 Å². The fraction of sp³-hybridized carbons (Fsp3) is 0.812. The smallest absolute Gasteiger partial charge is 0.0640 e. The van der Waals surface area contributed by atoms with Gasteiger partial charge in [-0.25, -0.2) is 0 Å². The molecule has 0 aliphatic heterocycles. The second-order valence-electron chi connectivity index (χ2n) is 6.56. The monoisotopic (exact) mass is 279 g/mol. The molecule has 0 aromatic carbocycles. The largest absolute Gasteiger partial charge is 0.379 e. The van der Waals surface area contributed by atoms with Crippen molar-refractivity contribution in [2.24, 2.45) is 0 Å². The molecule has 1 fully saturated rings. The molecule has 1 N–H and O–H groups in total. The van der Waals surface area contributed by atoms with E-state index >= 15 is 0 Å². The molecule has 0 atom stereocenters. The average Bonchev–Trinajstić information content (AvgIpc) is 3.18. The van der Waals surface area contributed by atoms with Gasteiger partial charge in [0.15, 0.2) is 0 Å². The molecular weight excluding hydrogens is 250 g/mol. The van der Waals surface area contributed by atoms with E-state index in [0.717, 1.165) is 32.0 Å². The third-order valence-corrected chi connectivity index (χ3v) is 4.39. The highest BCUT2D eigenvalue weighted by molar-refractivity contribution is 5.25. The van der Waals surface area contributed by atoms with Crippen molar-refractivity contribution in [2.75, 3.05) is 13.7 Å². The predicted octanol–water partition coefficient (Wildman–Crippen LogP) is 2.61. The molecule has 0 bridgehead atoms. The molecular formula is C16H29N3O. The minimum Gasteiger partial charge on any atom is -0.379 e. The summed E-state index contributed by atoms with van der Waals surface area (Å²) in [6, 6.07) is 0.785. The Kier molecular flexibility index (Phi) is 4.86. The van der Waals surface area contributed by atoms with Crippen molar-refractivity contribution in [3.63, 3.8) is 0 Å². The van der Waals surface area contributed by atoms with E-state index in [1.165, 1.54) is 29.8 Å². The van der Waals surface area contributed by atoms with Crippen LogP contribution in [-0.2, 0) is 17.7 Å². The maximum absolute atomic E-state index is 5.48. The summed E-state index contributed by atoms with van der Waals surface area (Å²) < 4.78 is 7.62. The number of ether oxygens (including phenoxy) is 1. The summed E-state index contributed by atoms with van der Waals surface area (Å²) in [5.41, 5.74) is 3.82. The van der Waals surface area contributed by atoms with Gasteiger partial charge in [0.05, 0.1) is 11.3 Å². The van der Waals surface area contributed by atoms with Gasteiger partial charge < -0.3 is 10.1 Å². The van der Waals surface area contributed by atoms with Crippen LogP contribution in [0, 0.1) is 13.8 Å². The van der Waals surface area contributed by atoms with Crippen molar-refractivity contribution in [3.05, 3.63) is 17.0 Å². The molecule has 1 aliphatic rings. The Morgan fingerprint density at radius 3 is 2.65 bits per heavy atom. The molecule has 20 heavy (non-hydrogen) atoms. The normalized spacial score (nSPS) is 15.8. The van der Waals surface area contributed by atoms with E-state index in [1.54, 1.807) is 7.11 Å². The maximum Gasteiger partial charge on any atom is 0.0640 e. The van der Waals surface area contributed by atoms with Crippen molar-refractivity contribution in [2.45, 2.75) is 71.6 Å². The van der Waals surface area contributed by atoms with Gasteiger partial charge in [-0.15, -0.1) is 0 Å². The highest BCUT2D eigenvalue weighted by Gasteiger charge is 2.21. The number of rotatable bonds is 8. The van der Waals surface area contributed by atoms with Crippen LogP contribution in [0.2, 0.25) is 0 Å². The molecule has 4 heteroatoms. The summed E-state index contributed by atoms with van der Waals surface area (Å²) in [6.07, 6.45) is 4.76. The minimum absolute atomic E-state index is 0.0833. The van der Waals surface area contributed by atoms with Crippen molar-refractivity contribution >= 4 is 0 Å². The van der Waals surface area contributed by atoms with Crippen molar-refractivity contribution in [1.82, 2.24) is 15.1 Å². The van der Waals surface area contributed by atoms with E-state index in [2.05, 4.69) is 37.7 Å². The maximum atomic E-state index is 5.48. The summed E-state index contributed by atoms with van der Waals surface area (Å²) in [7, 11) is 1.77. The molecule has 2 rings (SSSR count). The summed E-state index contributed by atoms with van der Waals surface area (Å²) in [6.45, 7) is 10.5. The summed E-state index contributed by atoms with van der Waals surface area (Å²) in [5.74, 6) is 0. The Balaban J connectivity index is 1.92. The lowest BCUT2D eigenvalue weighted by Crippen LogP contribution is -2.25. The van der Waals surface area contributed by atoms with Gasteiger partial charge >= 0.3 is 0 Å². The highest BCUT2D eigenvalue weighted by Crippen LogP contribution is 2.20. The van der Waals surface area contributed by atoms with Gasteiger partial charge in [0.1, 0.15) is 0 Å². The third-order valence-electron chi connectivity index (χ3n) is 4.39. The van der Waals surface area contributed by atoms with Crippen LogP contribution in [0.4, 0.5) is 0 Å². The summed E-state index contributed by atoms with van der Waals surface area (Å²) >= 11 is 0. The number of nitrogens with zero attached hydrogens (tertiary/aromatic N) is 2. The van der Waals surface area contributed by atoms with Crippen LogP contribution in [-0.4, -0.2) is 35.1 Å². The van der Waals surface area contributed by atoms with E-state index in [-0.39, 0.29) is 5.60 Å². The number of hydrogen-bond donors (Lipinski definition) is 1. The second-order valence-corrected chi connectivity index (χ2v) is 6.56. The van der Waals surface area contributed by atoms with Gasteiger partial charge in [-0.3, -0.25) is 4.68 Å². The molecule has 0 unspecified atom stereocenters. The highest BCUT2D eigenvalue weighted by atomic mass is 16.5. The molecule has 0 amide bonds. The lowest BCUT2D eigenvalue weighted by Gasteiger charge is -2.22. The number of nitrogens with one attached hydrogen (secondary N) is 1. The minimum atomic E-state index is -0.0833. The predicted molar refractivity (Wildman–Crippen MR) is 82.1 cm³/mol. The lowest BCUT2D eigenvalue weighted by atomic mass is 10.1. The average molecular weight is 279 g/mol. The fourth-order valence-corrected chi connectivity index (χ4v) is 2.48. The van der Waals surface area contributed by atoms with Crippen molar-refractivity contribution < 1.29 is 4.74 Å². The topological polar surface area (TPSA) is 39.1 Å². The molecule has 1 aliphatic carbocycles. The van der Waals surface area contributed by atoms with Crippen LogP contribution >= 0.6 is 0 Å². The zero-order valence-corrected chi connectivity index (χ0v) is 13.6. The van der Waals surface area contributed by atoms with E-state index < -0.39 is 0 Å². The van der Waals surface area contributed by atoms with Crippen LogP contribution in [0.5, 0.6) is 0 Å². The van der Waals surface area contributed by atoms with Gasteiger partial charge in [0.25, 0.3) is 0 Å². The second kappa shape index (κ2) is 6.27. The Morgan fingerprint density at radius 1 is 1.35 bits per heavy atom. The zero-order valence-electron chi connectivity index (χ0n) is 13.6. The van der Waals surface area contributed by atoms with Crippen LogP contribution in [0.3, 0.4) is 0 Å². The van der Waals surface area contributed by atoms with Crippen LogP contribution in [0.25, 0.3) is 0 Å². The molecule has 114 valence electrons. The van der Waals surface area contributed by atoms with E-state index in [9.17, 15) is 0 Å². The van der Waals surface area contributed by atoms with Gasteiger partial charge in [-0.1, -0.05) is 0 Å². The first-order chi connectivity index (χ1) is 9.43. The Hall–Kier alpha value is -0.870. The number of hydrogen-bond acceptors (Lipinski definition) is 3. The van der Waals surface area contributed by atoms with Gasteiger partial charge in [0, 0.05) is 25.4 Å². The van der Waals surface area contributed by atoms with Gasteiger partial charge in [-0.2, -0.15) is 5.10 Å². The Bertz CT molecular complexity index is 447. The molecule has 0 spiro atoms. The van der Waals surface area contributed by atoms with E-state index in [1.807, 2.05) is 0 Å². The molecule has 1 aromatic heterocycles. The quantitative estimate of drug-likeness (QED) is 0.795.